The van der Waals surface area contributed by atoms with Gasteiger partial charge in [0.05, 0.1) is 18.4 Å². The summed E-state index contributed by atoms with van der Waals surface area (Å²) < 4.78 is 0. The second-order valence-corrected chi connectivity index (χ2v) is 4.99. The van der Waals surface area contributed by atoms with Gasteiger partial charge in [0, 0.05) is 6.20 Å². The molecule has 0 fully saturated rings. The first-order valence-corrected chi connectivity index (χ1v) is 7.35. The molecule has 1 aromatic carbocycles. The van der Waals surface area contributed by atoms with Gasteiger partial charge >= 0.3 is 0 Å². The number of benzene rings is 1. The number of carbonyl (C=O) groups is 1. The Morgan fingerprint density at radius 2 is 2.05 bits per heavy atom. The molecular weight excluding hydrogens is 274 g/mol. The first kappa shape index (κ1) is 15.9. The Morgan fingerprint density at radius 1 is 1.23 bits per heavy atom. The lowest BCUT2D eigenvalue weighted by Crippen LogP contribution is -2.20. The van der Waals surface area contributed by atoms with Crippen molar-refractivity contribution in [3.05, 3.63) is 66.0 Å². The highest BCUT2D eigenvalue weighted by Crippen LogP contribution is 2.17. The highest BCUT2D eigenvalue weighted by Gasteiger charge is 2.06. The Kier molecular flexibility index (Phi) is 6.33. The fraction of sp³-hybridized carbons (Fsp3) is 0.222. The van der Waals surface area contributed by atoms with E-state index in [1.54, 1.807) is 17.3 Å². The molecule has 0 saturated heterocycles. The van der Waals surface area contributed by atoms with Gasteiger partial charge in [-0.3, -0.25) is 9.78 Å². The number of pyridine rings is 1. The standard InChI is InChI=1S/C18H21N3O/c1-19-10-6-5-9-17-11-18(13-20-12-17)21(15-22)14-16-7-3-2-4-8-16/h2-5,7-9,11-13,15,19H,6,10,14H2,1H3. The van der Waals surface area contributed by atoms with Crippen LogP contribution >= 0.6 is 0 Å². The minimum absolute atomic E-state index is 0.541. The lowest BCUT2D eigenvalue weighted by molar-refractivity contribution is -0.107. The third kappa shape index (κ3) is 4.82. The molecule has 4 nitrogen and oxygen atoms in total. The zero-order valence-electron chi connectivity index (χ0n) is 12.8. The van der Waals surface area contributed by atoms with Gasteiger partial charge in [0.2, 0.25) is 6.41 Å². The maximum Gasteiger partial charge on any atom is 0.214 e. The highest BCUT2D eigenvalue weighted by atomic mass is 16.1. The lowest BCUT2D eigenvalue weighted by Gasteiger charge is -2.17. The molecule has 0 aliphatic rings. The van der Waals surface area contributed by atoms with E-state index in [-0.39, 0.29) is 0 Å². The summed E-state index contributed by atoms with van der Waals surface area (Å²) in [5.41, 5.74) is 2.88. The summed E-state index contributed by atoms with van der Waals surface area (Å²) in [5, 5.41) is 3.10. The monoisotopic (exact) mass is 295 g/mol. The third-order valence-electron chi connectivity index (χ3n) is 3.27. The number of carbonyl (C=O) groups excluding carboxylic acids is 1. The molecule has 1 amide bonds. The lowest BCUT2D eigenvalue weighted by atomic mass is 10.2. The molecule has 0 spiro atoms. The number of nitrogens with zero attached hydrogens (tertiary/aromatic N) is 2. The summed E-state index contributed by atoms with van der Waals surface area (Å²) in [7, 11) is 1.93. The zero-order chi connectivity index (χ0) is 15.6. The van der Waals surface area contributed by atoms with E-state index in [1.807, 2.05) is 49.5 Å². The normalized spacial score (nSPS) is 10.8. The van der Waals surface area contributed by atoms with Crippen LogP contribution in [0.15, 0.2) is 54.9 Å². The Balaban J connectivity index is 2.09. The largest absolute Gasteiger partial charge is 0.319 e. The van der Waals surface area contributed by atoms with Gasteiger partial charge in [0.15, 0.2) is 0 Å². The van der Waals surface area contributed by atoms with Crippen molar-refractivity contribution in [2.75, 3.05) is 18.5 Å². The van der Waals surface area contributed by atoms with E-state index < -0.39 is 0 Å². The first-order chi connectivity index (χ1) is 10.8. The molecule has 0 atom stereocenters. The molecular formula is C18H21N3O. The van der Waals surface area contributed by atoms with Crippen LogP contribution in [0.25, 0.3) is 6.08 Å². The molecule has 1 aromatic heterocycles. The first-order valence-electron chi connectivity index (χ1n) is 7.35. The summed E-state index contributed by atoms with van der Waals surface area (Å²) >= 11 is 0. The molecule has 0 bridgehead atoms. The van der Waals surface area contributed by atoms with Gasteiger partial charge in [-0.2, -0.15) is 0 Å². The molecule has 0 radical (unpaired) electrons. The van der Waals surface area contributed by atoms with E-state index in [0.717, 1.165) is 36.2 Å². The summed E-state index contributed by atoms with van der Waals surface area (Å²) in [6.07, 6.45) is 9.44. The number of hydrogen-bond donors (Lipinski definition) is 1. The fourth-order valence-corrected chi connectivity index (χ4v) is 2.11. The smallest absolute Gasteiger partial charge is 0.214 e. The number of aromatic nitrogens is 1. The Hall–Kier alpha value is -2.46. The quantitative estimate of drug-likeness (QED) is 0.601. The van der Waals surface area contributed by atoms with E-state index in [1.165, 1.54) is 0 Å². The second-order valence-electron chi connectivity index (χ2n) is 4.99. The van der Waals surface area contributed by atoms with E-state index in [9.17, 15) is 4.79 Å². The molecule has 2 aromatic rings. The van der Waals surface area contributed by atoms with Crippen molar-refractivity contribution >= 4 is 18.2 Å². The second kappa shape index (κ2) is 8.74. The summed E-state index contributed by atoms with van der Waals surface area (Å²) in [6.45, 7) is 1.48. The maximum absolute atomic E-state index is 11.4. The van der Waals surface area contributed by atoms with Crippen LogP contribution in [0.3, 0.4) is 0 Å². The molecule has 0 aliphatic heterocycles. The Labute approximate surface area is 131 Å². The van der Waals surface area contributed by atoms with Crippen LogP contribution in [0.2, 0.25) is 0 Å². The van der Waals surface area contributed by atoms with E-state index in [0.29, 0.717) is 6.54 Å². The van der Waals surface area contributed by atoms with E-state index in [2.05, 4.69) is 16.4 Å². The van der Waals surface area contributed by atoms with Gasteiger partial charge in [-0.05, 0) is 37.2 Å². The van der Waals surface area contributed by atoms with Gasteiger partial charge in [-0.25, -0.2) is 0 Å². The van der Waals surface area contributed by atoms with Crippen LogP contribution in [-0.4, -0.2) is 25.0 Å². The predicted molar refractivity (Wildman–Crippen MR) is 90.5 cm³/mol. The molecule has 114 valence electrons. The van der Waals surface area contributed by atoms with Crippen molar-refractivity contribution in [3.63, 3.8) is 0 Å². The van der Waals surface area contributed by atoms with Crippen molar-refractivity contribution in [1.82, 2.24) is 10.3 Å². The fourth-order valence-electron chi connectivity index (χ4n) is 2.11. The summed E-state index contributed by atoms with van der Waals surface area (Å²) in [6, 6.07) is 11.9. The predicted octanol–water partition coefficient (Wildman–Crippen LogP) is 2.87. The van der Waals surface area contributed by atoms with Crippen LogP contribution in [-0.2, 0) is 11.3 Å². The number of nitrogens with one attached hydrogen (secondary N) is 1. The van der Waals surface area contributed by atoms with Gasteiger partial charge in [-0.15, -0.1) is 0 Å². The van der Waals surface area contributed by atoms with Crippen molar-refractivity contribution in [3.8, 4) is 0 Å². The van der Waals surface area contributed by atoms with E-state index in [4.69, 9.17) is 0 Å². The Morgan fingerprint density at radius 3 is 2.77 bits per heavy atom. The van der Waals surface area contributed by atoms with Crippen LogP contribution < -0.4 is 10.2 Å². The number of anilines is 1. The molecule has 0 saturated carbocycles. The third-order valence-corrected chi connectivity index (χ3v) is 3.27. The zero-order valence-corrected chi connectivity index (χ0v) is 12.8. The molecule has 1 heterocycles. The van der Waals surface area contributed by atoms with Gasteiger partial charge < -0.3 is 10.2 Å². The van der Waals surface area contributed by atoms with Crippen LogP contribution in [0.1, 0.15) is 17.5 Å². The number of amides is 1. The molecule has 0 unspecified atom stereocenters. The SMILES string of the molecule is CNCCC=Cc1cncc(N(C=O)Cc2ccccc2)c1. The van der Waals surface area contributed by atoms with Crippen molar-refractivity contribution in [1.29, 1.82) is 0 Å². The van der Waals surface area contributed by atoms with Crippen LogP contribution in [0.5, 0.6) is 0 Å². The van der Waals surface area contributed by atoms with Crippen LogP contribution in [0, 0.1) is 0 Å². The van der Waals surface area contributed by atoms with E-state index >= 15 is 0 Å². The van der Waals surface area contributed by atoms with Gasteiger partial charge in [0.1, 0.15) is 0 Å². The Bertz CT molecular complexity index is 611. The highest BCUT2D eigenvalue weighted by molar-refractivity contribution is 5.75. The number of rotatable bonds is 8. The topological polar surface area (TPSA) is 45.2 Å². The minimum atomic E-state index is 0.541. The van der Waals surface area contributed by atoms with Crippen molar-refractivity contribution < 1.29 is 4.79 Å². The molecule has 0 aliphatic carbocycles. The molecule has 2 rings (SSSR count). The maximum atomic E-state index is 11.4. The summed E-state index contributed by atoms with van der Waals surface area (Å²) in [5.74, 6) is 0. The van der Waals surface area contributed by atoms with Crippen LogP contribution in [0.4, 0.5) is 5.69 Å². The minimum Gasteiger partial charge on any atom is -0.319 e. The van der Waals surface area contributed by atoms with Crippen molar-refractivity contribution in [2.24, 2.45) is 0 Å². The molecule has 22 heavy (non-hydrogen) atoms. The van der Waals surface area contributed by atoms with Crippen molar-refractivity contribution in [2.45, 2.75) is 13.0 Å². The van der Waals surface area contributed by atoms with Gasteiger partial charge in [-0.1, -0.05) is 42.5 Å². The van der Waals surface area contributed by atoms with Gasteiger partial charge in [0.25, 0.3) is 0 Å². The summed E-state index contributed by atoms with van der Waals surface area (Å²) in [4.78, 5) is 17.3. The number of hydrogen-bond acceptors (Lipinski definition) is 3. The average Bonchev–Trinajstić information content (AvgIpc) is 2.58. The average molecular weight is 295 g/mol. The molecule has 1 N–H and O–H groups in total. The molecule has 4 heteroatoms.